The number of pyridine rings is 1. The van der Waals surface area contributed by atoms with Crippen molar-refractivity contribution >= 4 is 34.9 Å². The smallest absolute Gasteiger partial charge is 0.228 e. The van der Waals surface area contributed by atoms with Gasteiger partial charge >= 0.3 is 0 Å². The molecular formula is C27H28Cl2FN5O2. The molecular weight excluding hydrogens is 516 g/mol. The van der Waals surface area contributed by atoms with Gasteiger partial charge in [0.05, 0.1) is 17.7 Å². The molecule has 2 fully saturated rings. The molecule has 1 aromatic carbocycles. The minimum absolute atomic E-state index is 0.0163. The second-order valence-electron chi connectivity index (χ2n) is 10.1. The summed E-state index contributed by atoms with van der Waals surface area (Å²) in [6.07, 6.45) is 1.18. The molecule has 1 amide bonds. The lowest BCUT2D eigenvalue weighted by Gasteiger charge is -2.48. The first-order chi connectivity index (χ1) is 17.7. The molecule has 0 aliphatic carbocycles. The molecule has 4 heterocycles. The minimum atomic E-state index is -1.08. The van der Waals surface area contributed by atoms with Crippen LogP contribution in [0.2, 0.25) is 10.2 Å². The first-order valence-electron chi connectivity index (χ1n) is 12.3. The van der Waals surface area contributed by atoms with Crippen LogP contribution in [0, 0.1) is 23.6 Å². The summed E-state index contributed by atoms with van der Waals surface area (Å²) in [6.45, 7) is 5.65. The maximum absolute atomic E-state index is 14.0. The summed E-state index contributed by atoms with van der Waals surface area (Å²) in [5.41, 5.74) is 0.366. The van der Waals surface area contributed by atoms with E-state index in [-0.39, 0.29) is 28.8 Å². The highest BCUT2D eigenvalue weighted by molar-refractivity contribution is 6.30. The molecule has 10 heteroatoms. The van der Waals surface area contributed by atoms with Crippen molar-refractivity contribution in [3.05, 3.63) is 82.0 Å². The molecule has 3 aromatic rings. The van der Waals surface area contributed by atoms with Gasteiger partial charge in [0.1, 0.15) is 5.82 Å². The van der Waals surface area contributed by atoms with Gasteiger partial charge in [-0.2, -0.15) is 0 Å². The Morgan fingerprint density at radius 3 is 2.27 bits per heavy atom. The fourth-order valence-corrected chi connectivity index (χ4v) is 6.05. The third-order valence-corrected chi connectivity index (χ3v) is 8.27. The molecule has 1 N–H and O–H groups in total. The highest BCUT2D eigenvalue weighted by Gasteiger charge is 2.49. The van der Waals surface area contributed by atoms with E-state index < -0.39 is 17.3 Å². The van der Waals surface area contributed by atoms with Crippen molar-refractivity contribution in [1.82, 2.24) is 20.1 Å². The monoisotopic (exact) mass is 543 g/mol. The lowest BCUT2D eigenvalue weighted by Crippen LogP contribution is -2.57. The average Bonchev–Trinajstić information content (AvgIpc) is 3.33. The average molecular weight is 544 g/mol. The van der Waals surface area contributed by atoms with Crippen molar-refractivity contribution in [1.29, 1.82) is 0 Å². The lowest BCUT2D eigenvalue weighted by atomic mass is 9.70. The highest BCUT2D eigenvalue weighted by Crippen LogP contribution is 2.43. The summed E-state index contributed by atoms with van der Waals surface area (Å²) in [7, 11) is 0. The molecule has 2 aliphatic heterocycles. The Bertz CT molecular complexity index is 1250. The van der Waals surface area contributed by atoms with E-state index in [0.717, 1.165) is 5.56 Å². The predicted octanol–water partition coefficient (Wildman–Crippen LogP) is 4.54. The second-order valence-corrected chi connectivity index (χ2v) is 10.9. The molecule has 2 aromatic heterocycles. The van der Waals surface area contributed by atoms with Crippen molar-refractivity contribution in [3.8, 4) is 0 Å². The van der Waals surface area contributed by atoms with E-state index in [1.807, 2.05) is 35.8 Å². The minimum Gasteiger partial charge on any atom is -0.384 e. The topological polar surface area (TPSA) is 82.5 Å². The van der Waals surface area contributed by atoms with Crippen LogP contribution in [0.15, 0.2) is 54.7 Å². The van der Waals surface area contributed by atoms with Gasteiger partial charge in [0.2, 0.25) is 5.91 Å². The van der Waals surface area contributed by atoms with Crippen LogP contribution < -0.4 is 4.90 Å². The molecule has 7 nitrogen and oxygen atoms in total. The first kappa shape index (κ1) is 25.8. The number of benzene rings is 1. The zero-order valence-electron chi connectivity index (χ0n) is 20.6. The van der Waals surface area contributed by atoms with Crippen LogP contribution in [0.5, 0.6) is 0 Å². The number of anilines is 1. The zero-order valence-corrected chi connectivity index (χ0v) is 22.1. The van der Waals surface area contributed by atoms with Crippen molar-refractivity contribution in [2.24, 2.45) is 17.8 Å². The van der Waals surface area contributed by atoms with Crippen molar-refractivity contribution in [2.75, 3.05) is 31.1 Å². The summed E-state index contributed by atoms with van der Waals surface area (Å²) in [5.74, 6) is -0.913. The van der Waals surface area contributed by atoms with Gasteiger partial charge in [0, 0.05) is 54.6 Å². The van der Waals surface area contributed by atoms with Crippen LogP contribution in [-0.4, -0.2) is 57.3 Å². The number of piperidine rings is 1. The summed E-state index contributed by atoms with van der Waals surface area (Å²) < 4.78 is 13.6. The van der Waals surface area contributed by atoms with Crippen molar-refractivity contribution in [2.45, 2.75) is 25.4 Å². The van der Waals surface area contributed by atoms with E-state index in [2.05, 4.69) is 15.2 Å². The third kappa shape index (κ3) is 4.90. The van der Waals surface area contributed by atoms with Crippen molar-refractivity contribution in [3.63, 3.8) is 0 Å². The molecule has 0 unspecified atom stereocenters. The van der Waals surface area contributed by atoms with E-state index in [1.165, 1.54) is 12.3 Å². The molecule has 2 aliphatic rings. The third-order valence-electron chi connectivity index (χ3n) is 7.82. The van der Waals surface area contributed by atoms with E-state index in [4.69, 9.17) is 23.2 Å². The van der Waals surface area contributed by atoms with E-state index in [9.17, 15) is 14.3 Å². The number of hydrogen-bond acceptors (Lipinski definition) is 6. The maximum Gasteiger partial charge on any atom is 0.228 e. The largest absolute Gasteiger partial charge is 0.384 e. The standard InChI is InChI=1S/C27H28Cl2FN5O2/c1-16-12-35(13-17(2)27(16,37)18-3-5-19(28)6-4-18)26(36)22-15-34(25-10-9-24(29)32-33-25)14-21(22)23-8-7-20(30)11-31-23/h3-11,16-17,21-22,37H,12-15H2,1-2H3/t16-,17+,21-,22-,27-/m1/s1. The van der Waals surface area contributed by atoms with E-state index >= 15 is 0 Å². The number of likely N-dealkylation sites (tertiary alicyclic amines) is 1. The maximum atomic E-state index is 14.0. The first-order valence-corrected chi connectivity index (χ1v) is 13.0. The van der Waals surface area contributed by atoms with Gasteiger partial charge in [-0.1, -0.05) is 49.2 Å². The van der Waals surface area contributed by atoms with E-state index in [1.54, 1.807) is 30.3 Å². The van der Waals surface area contributed by atoms with Crippen LogP contribution in [0.4, 0.5) is 10.2 Å². The normalized spacial score (nSPS) is 27.9. The molecule has 2 saturated heterocycles. The van der Waals surface area contributed by atoms with E-state index in [0.29, 0.717) is 42.7 Å². The van der Waals surface area contributed by atoms with Gasteiger partial charge < -0.3 is 14.9 Å². The second kappa shape index (κ2) is 10.2. The van der Waals surface area contributed by atoms with Crippen molar-refractivity contribution < 1.29 is 14.3 Å². The van der Waals surface area contributed by atoms with Gasteiger partial charge in [0.15, 0.2) is 11.0 Å². The molecule has 0 radical (unpaired) electrons. The predicted molar refractivity (Wildman–Crippen MR) is 140 cm³/mol. The number of halogens is 3. The summed E-state index contributed by atoms with van der Waals surface area (Å²) >= 11 is 12.0. The Balaban J connectivity index is 1.40. The zero-order chi connectivity index (χ0) is 26.3. The van der Waals surface area contributed by atoms with Gasteiger partial charge in [-0.3, -0.25) is 9.78 Å². The van der Waals surface area contributed by atoms with Gasteiger partial charge in [-0.05, 0) is 42.0 Å². The number of aromatic nitrogens is 3. The summed E-state index contributed by atoms with van der Waals surface area (Å²) in [4.78, 5) is 22.1. The Hall–Kier alpha value is -2.81. The Labute approximate surface area is 225 Å². The molecule has 0 saturated carbocycles. The summed E-state index contributed by atoms with van der Waals surface area (Å²) in [5, 5.41) is 20.8. The Morgan fingerprint density at radius 2 is 1.68 bits per heavy atom. The lowest BCUT2D eigenvalue weighted by molar-refractivity contribution is -0.152. The SMILES string of the molecule is C[C@@H]1CN(C(=O)[C@@H]2CN(c3ccc(Cl)nn3)C[C@H]2c2ccc(F)cn2)C[C@H](C)[C@@]1(O)c1ccc(Cl)cc1. The molecule has 5 rings (SSSR count). The molecule has 194 valence electrons. The number of aliphatic hydroxyl groups is 1. The van der Waals surface area contributed by atoms with Gasteiger partial charge in [-0.25, -0.2) is 4.39 Å². The molecule has 0 bridgehead atoms. The number of nitrogens with zero attached hydrogens (tertiary/aromatic N) is 5. The quantitative estimate of drug-likeness (QED) is 0.520. The van der Waals surface area contributed by atoms with Crippen LogP contribution in [0.25, 0.3) is 0 Å². The Kier molecular flexibility index (Phi) is 7.09. The van der Waals surface area contributed by atoms with Crippen LogP contribution in [0.3, 0.4) is 0 Å². The fraction of sp³-hybridized carbons (Fsp3) is 0.407. The van der Waals surface area contributed by atoms with Crippen LogP contribution in [0.1, 0.15) is 31.0 Å². The number of hydrogen-bond donors (Lipinski definition) is 1. The number of carbonyl (C=O) groups is 1. The molecule has 5 atom stereocenters. The summed E-state index contributed by atoms with van der Waals surface area (Å²) in [6, 6.07) is 13.7. The molecule has 0 spiro atoms. The van der Waals surface area contributed by atoms with Crippen LogP contribution >= 0.6 is 23.2 Å². The highest BCUT2D eigenvalue weighted by atomic mass is 35.5. The molecule has 37 heavy (non-hydrogen) atoms. The number of rotatable bonds is 4. The van der Waals surface area contributed by atoms with Crippen LogP contribution in [-0.2, 0) is 10.4 Å². The number of carbonyl (C=O) groups excluding carboxylic acids is 1. The Morgan fingerprint density at radius 1 is 0.973 bits per heavy atom. The van der Waals surface area contributed by atoms with Gasteiger partial charge in [-0.15, -0.1) is 10.2 Å². The fourth-order valence-electron chi connectivity index (χ4n) is 5.83. The van der Waals surface area contributed by atoms with Gasteiger partial charge in [0.25, 0.3) is 0 Å². The number of amides is 1.